The molecule has 0 saturated heterocycles. The number of thiazole rings is 1. The molecule has 1 aromatic rings. The molecule has 1 unspecified atom stereocenters. The molecule has 1 N–H and O–H groups in total. The number of hydrogen-bond acceptors (Lipinski definition) is 4. The fourth-order valence-corrected chi connectivity index (χ4v) is 1.41. The van der Waals surface area contributed by atoms with Gasteiger partial charge in [-0.1, -0.05) is 0 Å². The van der Waals surface area contributed by atoms with Crippen LogP contribution in [0.2, 0.25) is 0 Å². The van der Waals surface area contributed by atoms with E-state index in [0.717, 1.165) is 4.88 Å². The molecule has 0 saturated carbocycles. The standard InChI is InChI=1S/C7H8N2OS/c8-2-6(4-10)1-7-3-9-5-11-7/h3,5-6,10H,1,4H2. The molecule has 58 valence electrons. The van der Waals surface area contributed by atoms with Gasteiger partial charge in [-0.3, -0.25) is 4.98 Å². The highest BCUT2D eigenvalue weighted by Gasteiger charge is 2.07. The average Bonchev–Trinajstić information content (AvgIpc) is 2.52. The Hall–Kier alpha value is -0.920. The lowest BCUT2D eigenvalue weighted by Crippen LogP contribution is -2.05. The van der Waals surface area contributed by atoms with Crippen LogP contribution in [-0.4, -0.2) is 16.7 Å². The molecule has 0 spiro atoms. The Balaban J connectivity index is 2.49. The zero-order valence-electron chi connectivity index (χ0n) is 5.90. The highest BCUT2D eigenvalue weighted by atomic mass is 32.1. The minimum absolute atomic E-state index is 0.0750. The topological polar surface area (TPSA) is 56.9 Å². The molecular formula is C7H8N2OS. The molecule has 0 bridgehead atoms. The number of hydrogen-bond donors (Lipinski definition) is 1. The minimum atomic E-state index is -0.282. The van der Waals surface area contributed by atoms with Crippen LogP contribution in [0.4, 0.5) is 0 Å². The van der Waals surface area contributed by atoms with Gasteiger partial charge in [0.15, 0.2) is 0 Å². The molecular weight excluding hydrogens is 160 g/mol. The molecule has 11 heavy (non-hydrogen) atoms. The molecule has 0 radical (unpaired) electrons. The molecule has 1 heterocycles. The van der Waals surface area contributed by atoms with E-state index in [4.69, 9.17) is 10.4 Å². The Kier molecular flexibility index (Phi) is 3.02. The lowest BCUT2D eigenvalue weighted by Gasteiger charge is -2.00. The Morgan fingerprint density at radius 3 is 3.09 bits per heavy atom. The third-order valence-electron chi connectivity index (χ3n) is 1.33. The summed E-state index contributed by atoms with van der Waals surface area (Å²) in [4.78, 5) is 4.92. The van der Waals surface area contributed by atoms with E-state index < -0.39 is 0 Å². The highest BCUT2D eigenvalue weighted by Crippen LogP contribution is 2.11. The maximum Gasteiger partial charge on any atom is 0.0794 e. The number of rotatable bonds is 3. The average molecular weight is 168 g/mol. The second kappa shape index (κ2) is 4.06. The summed E-state index contributed by atoms with van der Waals surface area (Å²) in [6.07, 6.45) is 2.34. The number of nitriles is 1. The van der Waals surface area contributed by atoms with Gasteiger partial charge in [0.1, 0.15) is 0 Å². The number of aliphatic hydroxyl groups is 1. The van der Waals surface area contributed by atoms with Crippen LogP contribution in [0.15, 0.2) is 11.7 Å². The van der Waals surface area contributed by atoms with Gasteiger partial charge < -0.3 is 5.11 Å². The Morgan fingerprint density at radius 1 is 1.82 bits per heavy atom. The Labute approximate surface area is 68.9 Å². The second-order valence-corrected chi connectivity index (χ2v) is 3.15. The lowest BCUT2D eigenvalue weighted by atomic mass is 10.1. The van der Waals surface area contributed by atoms with Crippen molar-refractivity contribution in [2.24, 2.45) is 5.92 Å². The molecule has 0 aliphatic heterocycles. The first-order chi connectivity index (χ1) is 5.36. The second-order valence-electron chi connectivity index (χ2n) is 2.18. The van der Waals surface area contributed by atoms with Gasteiger partial charge in [-0.2, -0.15) is 5.26 Å². The third-order valence-corrected chi connectivity index (χ3v) is 2.14. The summed E-state index contributed by atoms with van der Waals surface area (Å²) in [6.45, 7) is -0.0750. The quantitative estimate of drug-likeness (QED) is 0.726. The van der Waals surface area contributed by atoms with Crippen molar-refractivity contribution in [3.8, 4) is 6.07 Å². The van der Waals surface area contributed by atoms with Crippen molar-refractivity contribution in [3.05, 3.63) is 16.6 Å². The van der Waals surface area contributed by atoms with Gasteiger partial charge in [0.2, 0.25) is 0 Å². The molecule has 3 nitrogen and oxygen atoms in total. The van der Waals surface area contributed by atoms with E-state index in [-0.39, 0.29) is 12.5 Å². The summed E-state index contributed by atoms with van der Waals surface area (Å²) in [5.41, 5.74) is 1.72. The predicted octanol–water partition coefficient (Wildman–Crippen LogP) is 0.818. The van der Waals surface area contributed by atoms with Crippen molar-refractivity contribution in [1.82, 2.24) is 4.98 Å². The van der Waals surface area contributed by atoms with Crippen molar-refractivity contribution in [3.63, 3.8) is 0 Å². The molecule has 1 atom stereocenters. The van der Waals surface area contributed by atoms with Crippen molar-refractivity contribution in [2.75, 3.05) is 6.61 Å². The molecule has 0 fully saturated rings. The summed E-state index contributed by atoms with van der Waals surface area (Å²) in [6, 6.07) is 2.02. The van der Waals surface area contributed by atoms with Gasteiger partial charge in [0.05, 0.1) is 24.1 Å². The fourth-order valence-electron chi connectivity index (χ4n) is 0.737. The Bertz CT molecular complexity index is 239. The molecule has 1 aromatic heterocycles. The number of aromatic nitrogens is 1. The van der Waals surface area contributed by atoms with E-state index in [0.29, 0.717) is 6.42 Å². The third kappa shape index (κ3) is 2.30. The van der Waals surface area contributed by atoms with Crippen LogP contribution in [0.25, 0.3) is 0 Å². The van der Waals surface area contributed by atoms with Gasteiger partial charge in [-0.25, -0.2) is 0 Å². The largest absolute Gasteiger partial charge is 0.395 e. The first kappa shape index (κ1) is 8.18. The van der Waals surface area contributed by atoms with Gasteiger partial charge in [0, 0.05) is 17.5 Å². The van der Waals surface area contributed by atoms with Gasteiger partial charge in [-0.15, -0.1) is 11.3 Å². The Morgan fingerprint density at radius 2 is 2.64 bits per heavy atom. The van der Waals surface area contributed by atoms with Crippen LogP contribution in [-0.2, 0) is 6.42 Å². The molecule has 1 rings (SSSR count). The predicted molar refractivity (Wildman–Crippen MR) is 42.0 cm³/mol. The van der Waals surface area contributed by atoms with Crippen LogP contribution in [0.1, 0.15) is 4.88 Å². The normalized spacial score (nSPS) is 12.4. The van der Waals surface area contributed by atoms with Crippen LogP contribution in [0.5, 0.6) is 0 Å². The summed E-state index contributed by atoms with van der Waals surface area (Å²) < 4.78 is 0. The van der Waals surface area contributed by atoms with E-state index in [9.17, 15) is 0 Å². The van der Waals surface area contributed by atoms with Crippen LogP contribution in [0.3, 0.4) is 0 Å². The summed E-state index contributed by atoms with van der Waals surface area (Å²) in [7, 11) is 0. The SMILES string of the molecule is N#CC(CO)Cc1cncs1. The monoisotopic (exact) mass is 168 g/mol. The summed E-state index contributed by atoms with van der Waals surface area (Å²) in [5.74, 6) is -0.282. The summed E-state index contributed by atoms with van der Waals surface area (Å²) >= 11 is 1.51. The first-order valence-electron chi connectivity index (χ1n) is 3.24. The van der Waals surface area contributed by atoms with Crippen molar-refractivity contribution < 1.29 is 5.11 Å². The smallest absolute Gasteiger partial charge is 0.0794 e. The zero-order valence-corrected chi connectivity index (χ0v) is 6.71. The molecule has 4 heteroatoms. The summed E-state index contributed by atoms with van der Waals surface area (Å²) in [5, 5.41) is 17.2. The van der Waals surface area contributed by atoms with Crippen LogP contribution in [0, 0.1) is 17.2 Å². The van der Waals surface area contributed by atoms with Gasteiger partial charge in [-0.05, 0) is 0 Å². The molecule has 0 aliphatic rings. The van der Waals surface area contributed by atoms with Crippen molar-refractivity contribution in [2.45, 2.75) is 6.42 Å². The highest BCUT2D eigenvalue weighted by molar-refractivity contribution is 7.09. The minimum Gasteiger partial charge on any atom is -0.395 e. The van der Waals surface area contributed by atoms with E-state index in [2.05, 4.69) is 4.98 Å². The van der Waals surface area contributed by atoms with E-state index >= 15 is 0 Å². The van der Waals surface area contributed by atoms with Crippen molar-refractivity contribution in [1.29, 1.82) is 5.26 Å². The van der Waals surface area contributed by atoms with E-state index in [1.807, 2.05) is 6.07 Å². The van der Waals surface area contributed by atoms with Crippen LogP contribution >= 0.6 is 11.3 Å². The van der Waals surface area contributed by atoms with Crippen LogP contribution < -0.4 is 0 Å². The van der Waals surface area contributed by atoms with Gasteiger partial charge in [0.25, 0.3) is 0 Å². The molecule has 0 aromatic carbocycles. The van der Waals surface area contributed by atoms with Gasteiger partial charge >= 0.3 is 0 Å². The van der Waals surface area contributed by atoms with E-state index in [1.54, 1.807) is 11.7 Å². The van der Waals surface area contributed by atoms with E-state index in [1.165, 1.54) is 11.3 Å². The number of nitrogens with zero attached hydrogens (tertiary/aromatic N) is 2. The number of aliphatic hydroxyl groups excluding tert-OH is 1. The maximum absolute atomic E-state index is 8.69. The van der Waals surface area contributed by atoms with Crippen molar-refractivity contribution >= 4 is 11.3 Å². The fraction of sp³-hybridized carbons (Fsp3) is 0.429. The lowest BCUT2D eigenvalue weighted by molar-refractivity contribution is 0.256. The molecule has 0 aliphatic carbocycles. The maximum atomic E-state index is 8.69. The zero-order chi connectivity index (χ0) is 8.10. The first-order valence-corrected chi connectivity index (χ1v) is 4.12. The molecule has 0 amide bonds.